The van der Waals surface area contributed by atoms with E-state index in [-0.39, 0.29) is 0 Å². The molecule has 0 aromatic heterocycles. The van der Waals surface area contributed by atoms with E-state index < -0.39 is 0 Å². The van der Waals surface area contributed by atoms with E-state index in [9.17, 15) is 0 Å². The van der Waals surface area contributed by atoms with E-state index in [0.717, 1.165) is 25.6 Å². The number of rotatable bonds is 4. The Morgan fingerprint density at radius 2 is 2.39 bits per heavy atom. The lowest BCUT2D eigenvalue weighted by Crippen LogP contribution is -2.47. The van der Waals surface area contributed by atoms with Crippen molar-refractivity contribution >= 4 is 16.9 Å². The van der Waals surface area contributed by atoms with Crippen molar-refractivity contribution in [3.63, 3.8) is 0 Å². The lowest BCUT2D eigenvalue weighted by atomic mass is 9.78. The van der Waals surface area contributed by atoms with Gasteiger partial charge in [0.2, 0.25) is 0 Å². The molecule has 0 aromatic carbocycles. The van der Waals surface area contributed by atoms with Gasteiger partial charge in [0.15, 0.2) is 5.17 Å². The maximum Gasteiger partial charge on any atom is 0.157 e. The fourth-order valence-corrected chi connectivity index (χ4v) is 4.19. The van der Waals surface area contributed by atoms with Crippen molar-refractivity contribution < 1.29 is 0 Å². The molecule has 2 rings (SSSR count). The highest BCUT2D eigenvalue weighted by Crippen LogP contribution is 2.38. The Morgan fingerprint density at radius 3 is 3.11 bits per heavy atom. The maximum atomic E-state index is 4.71. The molecule has 1 N–H and O–H groups in total. The van der Waals surface area contributed by atoms with Crippen LogP contribution < -0.4 is 5.32 Å². The van der Waals surface area contributed by atoms with Gasteiger partial charge in [-0.3, -0.25) is 4.99 Å². The minimum absolute atomic E-state index is 0.373. The van der Waals surface area contributed by atoms with Gasteiger partial charge in [-0.05, 0) is 32.4 Å². The Morgan fingerprint density at radius 1 is 1.56 bits per heavy atom. The van der Waals surface area contributed by atoms with Gasteiger partial charge in [-0.25, -0.2) is 0 Å². The lowest BCUT2D eigenvalue weighted by molar-refractivity contribution is 0.242. The van der Waals surface area contributed by atoms with Crippen molar-refractivity contribution in [3.8, 4) is 0 Å². The van der Waals surface area contributed by atoms with Crippen LogP contribution in [0.3, 0.4) is 0 Å². The molecule has 0 radical (unpaired) electrons. The number of nitrogens with one attached hydrogen (secondary N) is 1. The molecule has 1 aliphatic carbocycles. The first-order valence-electron chi connectivity index (χ1n) is 7.27. The standard InChI is InChI=1S/C14H27N3S/c1-4-17(3)9-8-15-13-16-14(11-18-13)7-5-6-12(2)10-14/h12H,4-11H2,1-3H3,(H,15,16). The lowest BCUT2D eigenvalue weighted by Gasteiger charge is -2.36. The number of aliphatic imine (C=N–C) groups is 1. The van der Waals surface area contributed by atoms with E-state index in [1.807, 2.05) is 11.8 Å². The normalized spacial score (nSPS) is 34.4. The molecule has 1 saturated carbocycles. The predicted molar refractivity (Wildman–Crippen MR) is 81.4 cm³/mol. The molecule has 1 spiro atoms. The number of thioether (sulfide) groups is 1. The second-order valence-electron chi connectivity index (χ2n) is 5.98. The molecule has 1 aliphatic heterocycles. The topological polar surface area (TPSA) is 27.6 Å². The van der Waals surface area contributed by atoms with Crippen molar-refractivity contribution in [2.45, 2.75) is 45.1 Å². The molecule has 0 aromatic rings. The van der Waals surface area contributed by atoms with Crippen LogP contribution in [0.15, 0.2) is 4.99 Å². The number of amidine groups is 1. The summed E-state index contributed by atoms with van der Waals surface area (Å²) in [6, 6.07) is 0. The first-order valence-corrected chi connectivity index (χ1v) is 8.26. The van der Waals surface area contributed by atoms with Gasteiger partial charge < -0.3 is 10.2 Å². The highest BCUT2D eigenvalue weighted by Gasteiger charge is 2.40. The molecule has 4 heteroatoms. The Balaban J connectivity index is 1.82. The van der Waals surface area contributed by atoms with Crippen molar-refractivity contribution in [2.24, 2.45) is 10.9 Å². The molecule has 3 nitrogen and oxygen atoms in total. The van der Waals surface area contributed by atoms with E-state index in [2.05, 4.69) is 31.1 Å². The average molecular weight is 269 g/mol. The average Bonchev–Trinajstić information content (AvgIpc) is 2.71. The molecule has 2 aliphatic rings. The van der Waals surface area contributed by atoms with Crippen molar-refractivity contribution in [2.75, 3.05) is 32.4 Å². The first-order chi connectivity index (χ1) is 8.63. The summed E-state index contributed by atoms with van der Waals surface area (Å²) in [5, 5.41) is 4.91. The first kappa shape index (κ1) is 14.2. The zero-order valence-corrected chi connectivity index (χ0v) is 12.9. The highest BCUT2D eigenvalue weighted by molar-refractivity contribution is 8.14. The third-order valence-corrected chi connectivity index (χ3v) is 5.43. The van der Waals surface area contributed by atoms with Gasteiger partial charge in [-0.1, -0.05) is 38.5 Å². The molecule has 104 valence electrons. The zero-order chi connectivity index (χ0) is 13.0. The number of hydrogen-bond acceptors (Lipinski definition) is 3. The summed E-state index contributed by atoms with van der Waals surface area (Å²) in [5.41, 5.74) is 0.373. The fourth-order valence-electron chi connectivity index (χ4n) is 2.98. The van der Waals surface area contributed by atoms with Crippen LogP contribution >= 0.6 is 11.8 Å². The molecular formula is C14H27N3S. The minimum atomic E-state index is 0.373. The van der Waals surface area contributed by atoms with Crippen LogP contribution in [0.1, 0.15) is 39.5 Å². The molecular weight excluding hydrogens is 242 g/mol. The molecule has 18 heavy (non-hydrogen) atoms. The molecule has 1 saturated heterocycles. The molecule has 1 heterocycles. The van der Waals surface area contributed by atoms with Crippen LogP contribution in [0.5, 0.6) is 0 Å². The van der Waals surface area contributed by atoms with Gasteiger partial charge in [0.1, 0.15) is 0 Å². The van der Waals surface area contributed by atoms with E-state index in [1.54, 1.807) is 0 Å². The Bertz CT molecular complexity index is 305. The third kappa shape index (κ3) is 3.64. The van der Waals surface area contributed by atoms with E-state index in [4.69, 9.17) is 4.99 Å². The Kier molecular flexibility index (Phi) is 4.96. The zero-order valence-electron chi connectivity index (χ0n) is 12.0. The van der Waals surface area contributed by atoms with Gasteiger partial charge in [-0.15, -0.1) is 0 Å². The maximum absolute atomic E-state index is 4.71. The minimum Gasteiger partial charge on any atom is -0.359 e. The van der Waals surface area contributed by atoms with Crippen molar-refractivity contribution in [1.29, 1.82) is 0 Å². The van der Waals surface area contributed by atoms with Crippen LogP contribution in [-0.4, -0.2) is 48.0 Å². The number of likely N-dealkylation sites (N-methyl/N-ethyl adjacent to an activating group) is 1. The smallest absolute Gasteiger partial charge is 0.157 e. The number of hydrogen-bond donors (Lipinski definition) is 1. The highest BCUT2D eigenvalue weighted by atomic mass is 32.2. The van der Waals surface area contributed by atoms with Crippen LogP contribution in [0.4, 0.5) is 0 Å². The van der Waals surface area contributed by atoms with Crippen LogP contribution in [0.25, 0.3) is 0 Å². The summed E-state index contributed by atoms with van der Waals surface area (Å²) >= 11 is 1.93. The summed E-state index contributed by atoms with van der Waals surface area (Å²) in [6.45, 7) is 7.66. The van der Waals surface area contributed by atoms with Crippen LogP contribution in [0.2, 0.25) is 0 Å². The molecule has 2 atom stereocenters. The Hall–Kier alpha value is -0.220. The summed E-state index contributed by atoms with van der Waals surface area (Å²) in [7, 11) is 2.15. The van der Waals surface area contributed by atoms with Crippen LogP contribution in [-0.2, 0) is 0 Å². The SMILES string of the molecule is CCN(C)CCN=C1NC2(CCCC(C)C2)CS1. The van der Waals surface area contributed by atoms with Gasteiger partial charge in [0.25, 0.3) is 0 Å². The van der Waals surface area contributed by atoms with Gasteiger partial charge >= 0.3 is 0 Å². The van der Waals surface area contributed by atoms with Gasteiger partial charge in [0.05, 0.1) is 6.54 Å². The summed E-state index contributed by atoms with van der Waals surface area (Å²) in [5.74, 6) is 2.09. The van der Waals surface area contributed by atoms with Crippen LogP contribution in [0, 0.1) is 5.92 Å². The summed E-state index contributed by atoms with van der Waals surface area (Å²) in [4.78, 5) is 7.02. The predicted octanol–water partition coefficient (Wildman–Crippen LogP) is 2.58. The fraction of sp³-hybridized carbons (Fsp3) is 0.929. The molecule has 2 fully saturated rings. The Labute approximate surface area is 116 Å². The third-order valence-electron chi connectivity index (χ3n) is 4.23. The second kappa shape index (κ2) is 6.29. The summed E-state index contributed by atoms with van der Waals surface area (Å²) in [6.07, 6.45) is 5.44. The monoisotopic (exact) mass is 269 g/mol. The van der Waals surface area contributed by atoms with Gasteiger partial charge in [-0.2, -0.15) is 0 Å². The van der Waals surface area contributed by atoms with Crippen molar-refractivity contribution in [1.82, 2.24) is 10.2 Å². The molecule has 2 unspecified atom stereocenters. The van der Waals surface area contributed by atoms with Crippen molar-refractivity contribution in [3.05, 3.63) is 0 Å². The van der Waals surface area contributed by atoms with E-state index in [0.29, 0.717) is 5.54 Å². The summed E-state index contributed by atoms with van der Waals surface area (Å²) < 4.78 is 0. The quantitative estimate of drug-likeness (QED) is 0.850. The largest absolute Gasteiger partial charge is 0.359 e. The van der Waals surface area contributed by atoms with E-state index >= 15 is 0 Å². The van der Waals surface area contributed by atoms with E-state index in [1.165, 1.54) is 36.6 Å². The second-order valence-corrected chi connectivity index (χ2v) is 6.94. The molecule has 0 amide bonds. The molecule has 0 bridgehead atoms. The number of nitrogens with zero attached hydrogens (tertiary/aromatic N) is 2. The van der Waals surface area contributed by atoms with Gasteiger partial charge in [0, 0.05) is 17.8 Å².